The lowest BCUT2D eigenvalue weighted by Crippen LogP contribution is -2.16. The van der Waals surface area contributed by atoms with Crippen LogP contribution in [-0.2, 0) is 4.84 Å². The van der Waals surface area contributed by atoms with Crippen molar-refractivity contribution in [1.29, 1.82) is 0 Å². The molecule has 0 heterocycles. The van der Waals surface area contributed by atoms with E-state index in [1.54, 1.807) is 20.0 Å². The number of nitrogens with two attached hydrogens (primary N) is 1. The van der Waals surface area contributed by atoms with Gasteiger partial charge in [0, 0.05) is 14.0 Å². The van der Waals surface area contributed by atoms with Gasteiger partial charge in [-0.2, -0.15) is 5.48 Å². The molecule has 5 heteroatoms. The monoisotopic (exact) mass is 198 g/mol. The molecule has 0 aliphatic heterocycles. The molecule has 0 fully saturated rings. The molecule has 0 aliphatic rings. The van der Waals surface area contributed by atoms with Crippen molar-refractivity contribution < 1.29 is 4.84 Å². The highest BCUT2D eigenvalue weighted by atomic mass is 16.6. The summed E-state index contributed by atoms with van der Waals surface area (Å²) in [7, 11) is 1.67. The maximum Gasteiger partial charge on any atom is 0.208 e. The van der Waals surface area contributed by atoms with Gasteiger partial charge in [-0.25, -0.2) is 9.98 Å². The number of amidine groups is 1. The third-order valence-electron chi connectivity index (χ3n) is 1.29. The maximum atomic E-state index is 5.57. The van der Waals surface area contributed by atoms with Gasteiger partial charge in [0.25, 0.3) is 0 Å². The molecular weight excluding hydrogens is 180 g/mol. The molecule has 1 unspecified atom stereocenters. The molecule has 0 aromatic carbocycles. The van der Waals surface area contributed by atoms with Crippen LogP contribution in [0, 0.1) is 0 Å². The molecule has 5 nitrogen and oxygen atoms in total. The quantitative estimate of drug-likeness (QED) is 0.399. The first kappa shape index (κ1) is 12.6. The SMILES string of the molecule is C/C=C\C(N)=NC(C)N=C(C)ONC. The van der Waals surface area contributed by atoms with Crippen molar-refractivity contribution in [3.8, 4) is 0 Å². The molecule has 0 bridgehead atoms. The van der Waals surface area contributed by atoms with Gasteiger partial charge in [0.1, 0.15) is 12.0 Å². The van der Waals surface area contributed by atoms with Crippen LogP contribution in [0.3, 0.4) is 0 Å². The summed E-state index contributed by atoms with van der Waals surface area (Å²) in [5, 5.41) is 0. The normalized spacial score (nSPS) is 16.0. The Kier molecular flexibility index (Phi) is 6.39. The fraction of sp³-hybridized carbons (Fsp3) is 0.556. The van der Waals surface area contributed by atoms with E-state index in [2.05, 4.69) is 15.5 Å². The van der Waals surface area contributed by atoms with Gasteiger partial charge in [0.05, 0.1) is 0 Å². The predicted molar refractivity (Wildman–Crippen MR) is 59.2 cm³/mol. The summed E-state index contributed by atoms with van der Waals surface area (Å²) < 4.78 is 0. The molecule has 14 heavy (non-hydrogen) atoms. The third kappa shape index (κ3) is 6.19. The lowest BCUT2D eigenvalue weighted by Gasteiger charge is -2.04. The second-order valence-corrected chi connectivity index (χ2v) is 2.64. The molecular formula is C9H18N4O. The Bertz CT molecular complexity index is 245. The molecule has 0 saturated carbocycles. The van der Waals surface area contributed by atoms with E-state index in [1.807, 2.05) is 19.9 Å². The van der Waals surface area contributed by atoms with Crippen LogP contribution < -0.4 is 11.2 Å². The first-order valence-corrected chi connectivity index (χ1v) is 4.44. The Hall–Kier alpha value is -1.36. The van der Waals surface area contributed by atoms with Gasteiger partial charge in [-0.05, 0) is 19.9 Å². The van der Waals surface area contributed by atoms with Gasteiger partial charge in [0.2, 0.25) is 5.90 Å². The minimum atomic E-state index is -0.237. The van der Waals surface area contributed by atoms with Crippen molar-refractivity contribution in [3.63, 3.8) is 0 Å². The van der Waals surface area contributed by atoms with E-state index in [9.17, 15) is 0 Å². The Morgan fingerprint density at radius 3 is 2.64 bits per heavy atom. The maximum absolute atomic E-state index is 5.57. The van der Waals surface area contributed by atoms with Crippen LogP contribution in [0.25, 0.3) is 0 Å². The fourth-order valence-corrected chi connectivity index (χ4v) is 0.896. The number of rotatable bonds is 4. The van der Waals surface area contributed by atoms with E-state index in [-0.39, 0.29) is 6.17 Å². The summed E-state index contributed by atoms with van der Waals surface area (Å²) in [4.78, 5) is 13.1. The number of hydrogen-bond donors (Lipinski definition) is 2. The largest absolute Gasteiger partial charge is 0.394 e. The molecule has 0 rings (SSSR count). The van der Waals surface area contributed by atoms with Gasteiger partial charge in [-0.1, -0.05) is 6.08 Å². The summed E-state index contributed by atoms with van der Waals surface area (Å²) in [6.07, 6.45) is 3.31. The third-order valence-corrected chi connectivity index (χ3v) is 1.29. The zero-order chi connectivity index (χ0) is 11.0. The zero-order valence-electron chi connectivity index (χ0n) is 9.11. The van der Waals surface area contributed by atoms with E-state index in [4.69, 9.17) is 10.6 Å². The summed E-state index contributed by atoms with van der Waals surface area (Å²) in [5.74, 6) is 0.984. The van der Waals surface area contributed by atoms with Gasteiger partial charge >= 0.3 is 0 Å². The van der Waals surface area contributed by atoms with Crippen molar-refractivity contribution >= 4 is 11.7 Å². The van der Waals surface area contributed by atoms with E-state index in [0.717, 1.165) is 0 Å². The van der Waals surface area contributed by atoms with Crippen molar-refractivity contribution in [2.45, 2.75) is 26.9 Å². The second-order valence-electron chi connectivity index (χ2n) is 2.64. The van der Waals surface area contributed by atoms with E-state index in [0.29, 0.717) is 11.7 Å². The predicted octanol–water partition coefficient (Wildman–Crippen LogP) is 0.835. The number of nitrogens with one attached hydrogen (secondary N) is 1. The van der Waals surface area contributed by atoms with Crippen molar-refractivity contribution in [3.05, 3.63) is 12.2 Å². The zero-order valence-corrected chi connectivity index (χ0v) is 9.11. The molecule has 0 aromatic heterocycles. The molecule has 0 amide bonds. The average Bonchev–Trinajstić information content (AvgIpc) is 2.03. The molecule has 0 aliphatic carbocycles. The Morgan fingerprint density at radius 2 is 2.14 bits per heavy atom. The number of nitrogens with zero attached hydrogens (tertiary/aromatic N) is 2. The van der Waals surface area contributed by atoms with Crippen molar-refractivity contribution in [1.82, 2.24) is 5.48 Å². The molecule has 80 valence electrons. The van der Waals surface area contributed by atoms with Gasteiger partial charge < -0.3 is 10.6 Å². The molecule has 3 N–H and O–H groups in total. The van der Waals surface area contributed by atoms with Crippen LogP contribution in [0.4, 0.5) is 0 Å². The minimum absolute atomic E-state index is 0.237. The highest BCUT2D eigenvalue weighted by molar-refractivity contribution is 5.91. The van der Waals surface area contributed by atoms with Crippen LogP contribution in [0.1, 0.15) is 20.8 Å². The number of aliphatic imine (C=N–C) groups is 2. The van der Waals surface area contributed by atoms with Gasteiger partial charge in [0.15, 0.2) is 0 Å². The summed E-state index contributed by atoms with van der Waals surface area (Å²) in [5.41, 5.74) is 8.10. The number of hydroxylamine groups is 1. The first-order chi connectivity index (χ1) is 6.60. The lowest BCUT2D eigenvalue weighted by molar-refractivity contribution is 0.205. The minimum Gasteiger partial charge on any atom is -0.394 e. The summed E-state index contributed by atoms with van der Waals surface area (Å²) in [6.45, 7) is 5.46. The van der Waals surface area contributed by atoms with Crippen LogP contribution in [0.15, 0.2) is 22.1 Å². The molecule has 0 spiro atoms. The van der Waals surface area contributed by atoms with Crippen LogP contribution >= 0.6 is 0 Å². The Balaban J connectivity index is 4.27. The molecule has 1 atom stereocenters. The molecule has 0 saturated heterocycles. The average molecular weight is 198 g/mol. The van der Waals surface area contributed by atoms with Gasteiger partial charge in [-0.15, -0.1) is 0 Å². The highest BCUT2D eigenvalue weighted by Crippen LogP contribution is 1.94. The lowest BCUT2D eigenvalue weighted by atomic mass is 10.5. The smallest absolute Gasteiger partial charge is 0.208 e. The number of hydrogen-bond acceptors (Lipinski definition) is 4. The standard InChI is InChI=1S/C9H18N4O/c1-5-6-9(10)13-7(2)12-8(3)14-11-4/h5-7,11H,1-4H3,(H2,10,13)/b6-5-,12-8?. The highest BCUT2D eigenvalue weighted by Gasteiger charge is 1.97. The van der Waals surface area contributed by atoms with Gasteiger partial charge in [-0.3, -0.25) is 0 Å². The van der Waals surface area contributed by atoms with E-state index in [1.165, 1.54) is 0 Å². The van der Waals surface area contributed by atoms with Crippen LogP contribution in [0.2, 0.25) is 0 Å². The van der Waals surface area contributed by atoms with E-state index >= 15 is 0 Å². The fourth-order valence-electron chi connectivity index (χ4n) is 0.896. The van der Waals surface area contributed by atoms with Crippen LogP contribution in [-0.4, -0.2) is 24.9 Å². The first-order valence-electron chi connectivity index (χ1n) is 4.44. The second kappa shape index (κ2) is 7.08. The van der Waals surface area contributed by atoms with E-state index < -0.39 is 0 Å². The van der Waals surface area contributed by atoms with Crippen LogP contribution in [0.5, 0.6) is 0 Å². The molecule has 0 radical (unpaired) electrons. The Labute approximate surface area is 84.7 Å². The molecule has 0 aromatic rings. The van der Waals surface area contributed by atoms with Crippen molar-refractivity contribution in [2.24, 2.45) is 15.7 Å². The Morgan fingerprint density at radius 1 is 1.50 bits per heavy atom. The summed E-state index contributed by atoms with van der Waals surface area (Å²) >= 11 is 0. The topological polar surface area (TPSA) is 72.0 Å². The summed E-state index contributed by atoms with van der Waals surface area (Å²) in [6, 6.07) is 0. The number of allylic oxidation sites excluding steroid dienone is 1. The van der Waals surface area contributed by atoms with Crippen molar-refractivity contribution in [2.75, 3.05) is 7.05 Å².